The quantitative estimate of drug-likeness (QED) is 0.667. The largest absolute Gasteiger partial charge is 0.493 e. The molecule has 0 spiro atoms. The van der Waals surface area contributed by atoms with Crippen LogP contribution in [0.4, 0.5) is 0 Å². The molecule has 0 aromatic heterocycles. The molecule has 0 amide bonds. The highest BCUT2D eigenvalue weighted by molar-refractivity contribution is 6.30. The predicted molar refractivity (Wildman–Crippen MR) is 94.0 cm³/mol. The lowest BCUT2D eigenvalue weighted by atomic mass is 10.0. The highest BCUT2D eigenvalue weighted by atomic mass is 35.5. The first-order valence-corrected chi connectivity index (χ1v) is 8.13. The topological polar surface area (TPSA) is 12.5 Å². The molecule has 0 aliphatic carbocycles. The predicted octanol–water partition coefficient (Wildman–Crippen LogP) is 4.46. The molecule has 0 aliphatic heterocycles. The standard InChI is InChI=1S/C19H24ClNO/c1-21(2)13-6-14-22-19-10-4-3-8-17(19)12-11-16-7-5-9-18(20)15-16/h3-5,7-10,15H,6,11-14H2,1-2H3. The first-order chi connectivity index (χ1) is 10.6. The minimum absolute atomic E-state index is 0.756. The molecule has 2 aromatic carbocycles. The molecule has 0 saturated carbocycles. The molecule has 0 unspecified atom stereocenters. The van der Waals surface area contributed by atoms with Crippen molar-refractivity contribution in [3.63, 3.8) is 0 Å². The summed E-state index contributed by atoms with van der Waals surface area (Å²) in [6.07, 6.45) is 2.97. The maximum atomic E-state index is 6.04. The second-order valence-corrected chi connectivity index (χ2v) is 6.18. The highest BCUT2D eigenvalue weighted by Gasteiger charge is 2.04. The van der Waals surface area contributed by atoms with Gasteiger partial charge in [0.05, 0.1) is 6.61 Å². The van der Waals surface area contributed by atoms with Gasteiger partial charge in [-0.3, -0.25) is 0 Å². The van der Waals surface area contributed by atoms with Crippen LogP contribution in [0.1, 0.15) is 17.5 Å². The third kappa shape index (κ3) is 5.70. The van der Waals surface area contributed by atoms with Crippen molar-refractivity contribution < 1.29 is 4.74 Å². The third-order valence-electron chi connectivity index (χ3n) is 3.55. The number of para-hydroxylation sites is 1. The van der Waals surface area contributed by atoms with Gasteiger partial charge in [0.25, 0.3) is 0 Å². The molecule has 2 rings (SSSR count). The molecule has 0 radical (unpaired) electrons. The van der Waals surface area contributed by atoms with Gasteiger partial charge >= 0.3 is 0 Å². The fourth-order valence-corrected chi connectivity index (χ4v) is 2.60. The Labute approximate surface area is 138 Å². The fraction of sp³-hybridized carbons (Fsp3) is 0.368. The summed E-state index contributed by atoms with van der Waals surface area (Å²) >= 11 is 6.04. The molecule has 2 nitrogen and oxygen atoms in total. The molecular formula is C19H24ClNO. The molecule has 0 heterocycles. The second-order valence-electron chi connectivity index (χ2n) is 5.74. The van der Waals surface area contributed by atoms with Gasteiger partial charge in [-0.05, 0) is 62.7 Å². The lowest BCUT2D eigenvalue weighted by molar-refractivity contribution is 0.279. The van der Waals surface area contributed by atoms with Crippen molar-refractivity contribution in [2.24, 2.45) is 0 Å². The van der Waals surface area contributed by atoms with E-state index in [1.807, 2.05) is 24.3 Å². The number of benzene rings is 2. The van der Waals surface area contributed by atoms with Crippen molar-refractivity contribution in [3.8, 4) is 5.75 Å². The summed E-state index contributed by atoms with van der Waals surface area (Å²) in [4.78, 5) is 2.18. The number of rotatable bonds is 8. The van der Waals surface area contributed by atoms with Gasteiger partial charge in [0.1, 0.15) is 5.75 Å². The number of aryl methyl sites for hydroxylation is 2. The zero-order chi connectivity index (χ0) is 15.8. The maximum absolute atomic E-state index is 6.04. The summed E-state index contributed by atoms with van der Waals surface area (Å²) < 4.78 is 5.95. The molecule has 0 saturated heterocycles. The van der Waals surface area contributed by atoms with Crippen molar-refractivity contribution in [2.75, 3.05) is 27.2 Å². The van der Waals surface area contributed by atoms with Gasteiger partial charge in [0.15, 0.2) is 0 Å². The van der Waals surface area contributed by atoms with Crippen molar-refractivity contribution >= 4 is 11.6 Å². The van der Waals surface area contributed by atoms with Gasteiger partial charge in [-0.1, -0.05) is 41.9 Å². The van der Waals surface area contributed by atoms with Crippen LogP contribution >= 0.6 is 11.6 Å². The van der Waals surface area contributed by atoms with Crippen LogP contribution in [-0.4, -0.2) is 32.1 Å². The molecule has 0 fully saturated rings. The van der Waals surface area contributed by atoms with Crippen molar-refractivity contribution in [3.05, 3.63) is 64.7 Å². The summed E-state index contributed by atoms with van der Waals surface area (Å²) in [6.45, 7) is 1.80. The first-order valence-electron chi connectivity index (χ1n) is 7.75. The van der Waals surface area contributed by atoms with Crippen LogP contribution in [0.15, 0.2) is 48.5 Å². The third-order valence-corrected chi connectivity index (χ3v) is 3.79. The van der Waals surface area contributed by atoms with Crippen LogP contribution < -0.4 is 4.74 Å². The van der Waals surface area contributed by atoms with Crippen LogP contribution in [0.5, 0.6) is 5.75 Å². The van der Waals surface area contributed by atoms with E-state index >= 15 is 0 Å². The Morgan fingerprint density at radius 2 is 1.82 bits per heavy atom. The van der Waals surface area contributed by atoms with E-state index in [9.17, 15) is 0 Å². The van der Waals surface area contributed by atoms with E-state index in [0.717, 1.165) is 43.2 Å². The van der Waals surface area contributed by atoms with E-state index in [4.69, 9.17) is 16.3 Å². The molecular weight excluding hydrogens is 294 g/mol. The molecule has 0 aliphatic rings. The van der Waals surface area contributed by atoms with E-state index < -0.39 is 0 Å². The number of halogens is 1. The Bertz CT molecular complexity index is 583. The molecule has 2 aromatic rings. The monoisotopic (exact) mass is 317 g/mol. The van der Waals surface area contributed by atoms with Gasteiger partial charge in [-0.15, -0.1) is 0 Å². The minimum Gasteiger partial charge on any atom is -0.493 e. The van der Waals surface area contributed by atoms with Crippen molar-refractivity contribution in [1.29, 1.82) is 0 Å². The molecule has 0 bridgehead atoms. The molecule has 22 heavy (non-hydrogen) atoms. The van der Waals surface area contributed by atoms with Gasteiger partial charge in [0, 0.05) is 11.6 Å². The van der Waals surface area contributed by atoms with E-state index in [0.29, 0.717) is 0 Å². The summed E-state index contributed by atoms with van der Waals surface area (Å²) in [5, 5.41) is 0.797. The summed E-state index contributed by atoms with van der Waals surface area (Å²) in [6, 6.07) is 16.4. The van der Waals surface area contributed by atoms with Gasteiger partial charge in [0.2, 0.25) is 0 Å². The maximum Gasteiger partial charge on any atom is 0.122 e. The summed E-state index contributed by atoms with van der Waals surface area (Å²) in [7, 11) is 4.16. The van der Waals surface area contributed by atoms with Crippen LogP contribution in [0.3, 0.4) is 0 Å². The molecule has 0 atom stereocenters. The van der Waals surface area contributed by atoms with E-state index in [1.54, 1.807) is 0 Å². The van der Waals surface area contributed by atoms with E-state index in [-0.39, 0.29) is 0 Å². The van der Waals surface area contributed by atoms with Crippen LogP contribution in [-0.2, 0) is 12.8 Å². The lowest BCUT2D eigenvalue weighted by Gasteiger charge is -2.13. The van der Waals surface area contributed by atoms with Gasteiger partial charge < -0.3 is 9.64 Å². The first kappa shape index (κ1) is 16.9. The van der Waals surface area contributed by atoms with Crippen LogP contribution in [0, 0.1) is 0 Å². The number of hydrogen-bond acceptors (Lipinski definition) is 2. The average molecular weight is 318 g/mol. The van der Waals surface area contributed by atoms with Crippen molar-refractivity contribution in [1.82, 2.24) is 4.90 Å². The number of hydrogen-bond donors (Lipinski definition) is 0. The Kier molecular flexibility index (Phi) is 6.75. The molecule has 0 N–H and O–H groups in total. The Morgan fingerprint density at radius 1 is 1.00 bits per heavy atom. The van der Waals surface area contributed by atoms with Crippen LogP contribution in [0.2, 0.25) is 5.02 Å². The Hall–Kier alpha value is -1.51. The Balaban J connectivity index is 1.90. The normalized spacial score (nSPS) is 10.9. The minimum atomic E-state index is 0.756. The average Bonchev–Trinajstić information content (AvgIpc) is 2.50. The van der Waals surface area contributed by atoms with Crippen molar-refractivity contribution in [2.45, 2.75) is 19.3 Å². The van der Waals surface area contributed by atoms with Gasteiger partial charge in [-0.2, -0.15) is 0 Å². The van der Waals surface area contributed by atoms with E-state index in [2.05, 4.69) is 43.3 Å². The molecule has 3 heteroatoms. The summed E-state index contributed by atoms with van der Waals surface area (Å²) in [5.74, 6) is 1.00. The number of nitrogens with zero attached hydrogens (tertiary/aromatic N) is 1. The summed E-state index contributed by atoms with van der Waals surface area (Å²) in [5.41, 5.74) is 2.52. The zero-order valence-electron chi connectivity index (χ0n) is 13.4. The Morgan fingerprint density at radius 3 is 2.59 bits per heavy atom. The lowest BCUT2D eigenvalue weighted by Crippen LogP contribution is -2.15. The van der Waals surface area contributed by atoms with Gasteiger partial charge in [-0.25, -0.2) is 0 Å². The second kappa shape index (κ2) is 8.82. The van der Waals surface area contributed by atoms with Crippen LogP contribution in [0.25, 0.3) is 0 Å². The molecule has 118 valence electrons. The van der Waals surface area contributed by atoms with E-state index in [1.165, 1.54) is 11.1 Å². The zero-order valence-corrected chi connectivity index (χ0v) is 14.1. The fourth-order valence-electron chi connectivity index (χ4n) is 2.39. The number of ether oxygens (including phenoxy) is 1. The highest BCUT2D eigenvalue weighted by Crippen LogP contribution is 2.21. The smallest absolute Gasteiger partial charge is 0.122 e. The SMILES string of the molecule is CN(C)CCCOc1ccccc1CCc1cccc(Cl)c1.